The van der Waals surface area contributed by atoms with Gasteiger partial charge in [0.15, 0.2) is 0 Å². The number of hydrogen-bond acceptors (Lipinski definition) is 1. The van der Waals surface area contributed by atoms with E-state index in [4.69, 9.17) is 11.6 Å². The summed E-state index contributed by atoms with van der Waals surface area (Å²) in [7, 11) is 0. The molecular weight excluding hydrogens is 298 g/mol. The van der Waals surface area contributed by atoms with Crippen LogP contribution >= 0.6 is 27.5 Å². The number of nitrogens with zero attached hydrogens (tertiary/aromatic N) is 1. The second-order valence-corrected chi connectivity index (χ2v) is 6.92. The van der Waals surface area contributed by atoms with Gasteiger partial charge in [-0.3, -0.25) is 4.90 Å². The maximum Gasteiger partial charge on any atom is 0.0465 e. The molecule has 1 aromatic carbocycles. The van der Waals surface area contributed by atoms with Gasteiger partial charge >= 0.3 is 0 Å². The molecule has 1 unspecified atom stereocenters. The summed E-state index contributed by atoms with van der Waals surface area (Å²) >= 11 is 10.0. The molecule has 1 saturated heterocycles. The van der Waals surface area contributed by atoms with Crippen LogP contribution in [0.15, 0.2) is 22.7 Å². The fourth-order valence-electron chi connectivity index (χ4n) is 2.70. The van der Waals surface area contributed by atoms with Gasteiger partial charge in [-0.1, -0.05) is 33.6 Å². The Morgan fingerprint density at radius 3 is 2.65 bits per heavy atom. The first-order valence-corrected chi connectivity index (χ1v) is 7.29. The first-order valence-electron chi connectivity index (χ1n) is 6.12. The molecule has 94 valence electrons. The summed E-state index contributed by atoms with van der Waals surface area (Å²) < 4.78 is 1.13. The molecule has 1 atom stereocenters. The van der Waals surface area contributed by atoms with Crippen molar-refractivity contribution in [3.63, 3.8) is 0 Å². The topological polar surface area (TPSA) is 3.24 Å². The highest BCUT2D eigenvalue weighted by Crippen LogP contribution is 2.42. The predicted octanol–water partition coefficient (Wildman–Crippen LogP) is 5.04. The fourth-order valence-corrected chi connectivity index (χ4v) is 3.74. The maximum absolute atomic E-state index is 6.37. The molecule has 0 aliphatic carbocycles. The number of hydrogen-bond donors (Lipinski definition) is 0. The average molecular weight is 317 g/mol. The molecule has 1 fully saturated rings. The van der Waals surface area contributed by atoms with E-state index in [0.717, 1.165) is 16.0 Å². The lowest BCUT2D eigenvalue weighted by molar-refractivity contribution is 0.121. The molecule has 2 rings (SSSR count). The zero-order chi connectivity index (χ0) is 12.6. The molecule has 1 aliphatic rings. The predicted molar refractivity (Wildman–Crippen MR) is 77.6 cm³/mol. The van der Waals surface area contributed by atoms with Gasteiger partial charge in [-0.05, 0) is 52.3 Å². The van der Waals surface area contributed by atoms with Crippen LogP contribution in [-0.2, 0) is 0 Å². The molecule has 3 heteroatoms. The van der Waals surface area contributed by atoms with Crippen LogP contribution in [0.1, 0.15) is 45.2 Å². The molecule has 1 nitrogen and oxygen atoms in total. The highest BCUT2D eigenvalue weighted by molar-refractivity contribution is 9.10. The third-order valence-corrected chi connectivity index (χ3v) is 4.47. The minimum atomic E-state index is 0.194. The van der Waals surface area contributed by atoms with Crippen LogP contribution in [0.2, 0.25) is 5.02 Å². The zero-order valence-electron chi connectivity index (χ0n) is 10.6. The van der Waals surface area contributed by atoms with E-state index in [2.05, 4.69) is 47.7 Å². The van der Waals surface area contributed by atoms with Crippen LogP contribution in [-0.4, -0.2) is 17.0 Å². The lowest BCUT2D eigenvalue weighted by Crippen LogP contribution is -2.40. The van der Waals surface area contributed by atoms with Gasteiger partial charge in [0.2, 0.25) is 0 Å². The summed E-state index contributed by atoms with van der Waals surface area (Å²) in [5, 5.41) is 0.875. The van der Waals surface area contributed by atoms with Gasteiger partial charge in [0.25, 0.3) is 0 Å². The van der Waals surface area contributed by atoms with Crippen molar-refractivity contribution in [1.29, 1.82) is 0 Å². The number of halogens is 2. The van der Waals surface area contributed by atoms with Gasteiger partial charge in [0, 0.05) is 26.6 Å². The number of likely N-dealkylation sites (tertiary alicyclic amines) is 1. The van der Waals surface area contributed by atoms with Crippen molar-refractivity contribution in [3.05, 3.63) is 33.3 Å². The van der Waals surface area contributed by atoms with Crippen LogP contribution < -0.4 is 0 Å². The summed E-state index contributed by atoms with van der Waals surface area (Å²) in [5.74, 6) is 0. The van der Waals surface area contributed by atoms with Gasteiger partial charge in [0.1, 0.15) is 0 Å². The number of benzene rings is 1. The van der Waals surface area contributed by atoms with E-state index in [1.807, 2.05) is 12.1 Å². The quantitative estimate of drug-likeness (QED) is 0.701. The monoisotopic (exact) mass is 315 g/mol. The third kappa shape index (κ3) is 2.69. The number of rotatable bonds is 1. The maximum atomic E-state index is 6.37. The smallest absolute Gasteiger partial charge is 0.0465 e. The standard InChI is InChI=1S/C14H19BrClN/c1-14(2,3)17-9-5-8-12(17)13-10(15)6-4-7-11(13)16/h4,6-7,12H,5,8-9H2,1-3H3. The Hall–Kier alpha value is -0.0500. The van der Waals surface area contributed by atoms with Crippen LogP contribution in [0, 0.1) is 0 Å². The average Bonchev–Trinajstić information content (AvgIpc) is 2.65. The normalized spacial score (nSPS) is 22.1. The highest BCUT2D eigenvalue weighted by Gasteiger charge is 2.35. The first kappa shape index (κ1) is 13.4. The van der Waals surface area contributed by atoms with Crippen molar-refractivity contribution in [2.45, 2.75) is 45.2 Å². The van der Waals surface area contributed by atoms with E-state index < -0.39 is 0 Å². The second-order valence-electron chi connectivity index (χ2n) is 5.66. The highest BCUT2D eigenvalue weighted by atomic mass is 79.9. The van der Waals surface area contributed by atoms with Gasteiger partial charge < -0.3 is 0 Å². The summed E-state index contributed by atoms with van der Waals surface area (Å²) in [4.78, 5) is 2.55. The molecule has 0 saturated carbocycles. The molecule has 1 aromatic rings. The van der Waals surface area contributed by atoms with Crippen molar-refractivity contribution in [1.82, 2.24) is 4.90 Å². The zero-order valence-corrected chi connectivity index (χ0v) is 13.0. The molecule has 0 bridgehead atoms. The molecule has 0 spiro atoms. The molecule has 0 radical (unpaired) electrons. The van der Waals surface area contributed by atoms with Gasteiger partial charge in [0.05, 0.1) is 0 Å². The van der Waals surface area contributed by atoms with E-state index in [-0.39, 0.29) is 5.54 Å². The third-order valence-electron chi connectivity index (χ3n) is 3.45. The lowest BCUT2D eigenvalue weighted by atomic mass is 9.99. The Balaban J connectivity index is 2.39. The fraction of sp³-hybridized carbons (Fsp3) is 0.571. The van der Waals surface area contributed by atoms with E-state index >= 15 is 0 Å². The summed E-state index contributed by atoms with van der Waals surface area (Å²) in [6.45, 7) is 7.98. The molecule has 0 aromatic heterocycles. The minimum Gasteiger partial charge on any atom is -0.291 e. The van der Waals surface area contributed by atoms with E-state index in [1.165, 1.54) is 18.4 Å². The van der Waals surface area contributed by atoms with Gasteiger partial charge in [-0.2, -0.15) is 0 Å². The summed E-state index contributed by atoms with van der Waals surface area (Å²) in [6, 6.07) is 6.51. The van der Waals surface area contributed by atoms with Gasteiger partial charge in [-0.25, -0.2) is 0 Å². The summed E-state index contributed by atoms with van der Waals surface area (Å²) in [6.07, 6.45) is 2.44. The Morgan fingerprint density at radius 1 is 1.35 bits per heavy atom. The van der Waals surface area contributed by atoms with Crippen LogP contribution in [0.25, 0.3) is 0 Å². The van der Waals surface area contributed by atoms with Crippen molar-refractivity contribution >= 4 is 27.5 Å². The summed E-state index contributed by atoms with van der Waals surface area (Å²) in [5.41, 5.74) is 1.45. The van der Waals surface area contributed by atoms with Crippen molar-refractivity contribution in [2.24, 2.45) is 0 Å². The van der Waals surface area contributed by atoms with Crippen molar-refractivity contribution in [2.75, 3.05) is 6.54 Å². The van der Waals surface area contributed by atoms with Gasteiger partial charge in [-0.15, -0.1) is 0 Å². The van der Waals surface area contributed by atoms with Crippen LogP contribution in [0.4, 0.5) is 0 Å². The van der Waals surface area contributed by atoms with Crippen molar-refractivity contribution in [3.8, 4) is 0 Å². The Kier molecular flexibility index (Phi) is 3.86. The molecule has 0 N–H and O–H groups in total. The Labute approximate surface area is 117 Å². The first-order chi connectivity index (χ1) is 7.91. The van der Waals surface area contributed by atoms with Crippen molar-refractivity contribution < 1.29 is 0 Å². The molecule has 1 heterocycles. The largest absolute Gasteiger partial charge is 0.291 e. The second kappa shape index (κ2) is 4.91. The van der Waals surface area contributed by atoms with E-state index in [9.17, 15) is 0 Å². The lowest BCUT2D eigenvalue weighted by Gasteiger charge is -2.37. The SMILES string of the molecule is CC(C)(C)N1CCCC1c1c(Cl)cccc1Br. The molecule has 0 amide bonds. The van der Waals surface area contributed by atoms with E-state index in [0.29, 0.717) is 6.04 Å². The Morgan fingerprint density at radius 2 is 2.06 bits per heavy atom. The minimum absolute atomic E-state index is 0.194. The molecule has 17 heavy (non-hydrogen) atoms. The van der Waals surface area contributed by atoms with Crippen LogP contribution in [0.5, 0.6) is 0 Å². The molecular formula is C14H19BrClN. The molecule has 1 aliphatic heterocycles. The van der Waals surface area contributed by atoms with E-state index in [1.54, 1.807) is 0 Å². The van der Waals surface area contributed by atoms with Crippen LogP contribution in [0.3, 0.4) is 0 Å². The Bertz CT molecular complexity index is 391.